The Balaban J connectivity index is 2.45. The Morgan fingerprint density at radius 1 is 1.67 bits per heavy atom. The van der Waals surface area contributed by atoms with Crippen molar-refractivity contribution < 1.29 is 0 Å². The molecule has 1 rings (SSSR count). The topological polar surface area (TPSA) is 0 Å². The molecule has 0 spiro atoms. The summed E-state index contributed by atoms with van der Waals surface area (Å²) >= 11 is 0. The van der Waals surface area contributed by atoms with Crippen LogP contribution in [0.3, 0.4) is 0 Å². The molecule has 0 N–H and O–H groups in total. The van der Waals surface area contributed by atoms with E-state index in [0.717, 1.165) is 11.8 Å². The average molecular weight is 164 g/mol. The van der Waals surface area contributed by atoms with E-state index in [1.165, 1.54) is 32.1 Å². The van der Waals surface area contributed by atoms with Crippen LogP contribution in [0.25, 0.3) is 0 Å². The molecule has 0 fully saturated rings. The van der Waals surface area contributed by atoms with Gasteiger partial charge in [-0.25, -0.2) is 0 Å². The Morgan fingerprint density at radius 3 is 3.00 bits per heavy atom. The molecule has 0 aromatic heterocycles. The van der Waals surface area contributed by atoms with Gasteiger partial charge in [0.25, 0.3) is 0 Å². The van der Waals surface area contributed by atoms with Gasteiger partial charge in [0.1, 0.15) is 0 Å². The second-order valence-corrected chi connectivity index (χ2v) is 3.72. The zero-order valence-corrected chi connectivity index (χ0v) is 8.13. The average Bonchev–Trinajstić information content (AvgIpc) is 2.15. The van der Waals surface area contributed by atoms with E-state index in [1.807, 2.05) is 0 Å². The van der Waals surface area contributed by atoms with Gasteiger partial charge in [0.15, 0.2) is 0 Å². The van der Waals surface area contributed by atoms with Crippen molar-refractivity contribution in [2.75, 3.05) is 0 Å². The summed E-state index contributed by atoms with van der Waals surface area (Å²) in [5, 5.41) is 0. The molecule has 12 heavy (non-hydrogen) atoms. The zero-order chi connectivity index (χ0) is 8.81. The maximum Gasteiger partial charge on any atom is -0.0202 e. The van der Waals surface area contributed by atoms with Crippen LogP contribution in [0, 0.1) is 11.8 Å². The minimum Gasteiger partial charge on any atom is -0.103 e. The molecule has 0 bridgehead atoms. The lowest BCUT2D eigenvalue weighted by Gasteiger charge is -2.24. The molecule has 0 heteroatoms. The van der Waals surface area contributed by atoms with Crippen LogP contribution in [0.2, 0.25) is 0 Å². The monoisotopic (exact) mass is 164 g/mol. The highest BCUT2D eigenvalue weighted by molar-refractivity contribution is 4.96. The van der Waals surface area contributed by atoms with Gasteiger partial charge in [-0.3, -0.25) is 0 Å². The standard InChI is InChI=1S/C12H20/c1-3-8-11(4-2)12-9-6-5-7-10-12/h3,6,9,11-12H,1,4-5,7-8,10H2,2H3/t11?,12-/m0/s1. The van der Waals surface area contributed by atoms with E-state index >= 15 is 0 Å². The first-order valence-corrected chi connectivity index (χ1v) is 5.16. The van der Waals surface area contributed by atoms with Crippen molar-refractivity contribution in [3.8, 4) is 0 Å². The van der Waals surface area contributed by atoms with E-state index in [4.69, 9.17) is 0 Å². The molecule has 0 aromatic carbocycles. The third-order valence-corrected chi connectivity index (χ3v) is 2.89. The normalized spacial score (nSPS) is 25.2. The first kappa shape index (κ1) is 9.57. The molecule has 1 aliphatic rings. The lowest BCUT2D eigenvalue weighted by molar-refractivity contribution is 0.350. The molecule has 0 amide bonds. The summed E-state index contributed by atoms with van der Waals surface area (Å²) in [6.45, 7) is 6.11. The van der Waals surface area contributed by atoms with E-state index in [9.17, 15) is 0 Å². The Kier molecular flexibility index (Phi) is 4.13. The highest BCUT2D eigenvalue weighted by Crippen LogP contribution is 2.29. The lowest BCUT2D eigenvalue weighted by Crippen LogP contribution is -2.13. The van der Waals surface area contributed by atoms with E-state index in [0.29, 0.717) is 0 Å². The molecule has 1 aliphatic carbocycles. The quantitative estimate of drug-likeness (QED) is 0.552. The lowest BCUT2D eigenvalue weighted by atomic mass is 9.81. The first-order valence-electron chi connectivity index (χ1n) is 5.16. The second kappa shape index (κ2) is 5.18. The van der Waals surface area contributed by atoms with Crippen LogP contribution < -0.4 is 0 Å². The van der Waals surface area contributed by atoms with E-state index in [2.05, 4.69) is 31.7 Å². The molecule has 0 radical (unpaired) electrons. The van der Waals surface area contributed by atoms with Crippen molar-refractivity contribution in [2.45, 2.75) is 39.0 Å². The van der Waals surface area contributed by atoms with Crippen molar-refractivity contribution in [2.24, 2.45) is 11.8 Å². The Morgan fingerprint density at radius 2 is 2.50 bits per heavy atom. The fourth-order valence-electron chi connectivity index (χ4n) is 2.09. The molecule has 0 heterocycles. The third kappa shape index (κ3) is 2.51. The summed E-state index contributed by atoms with van der Waals surface area (Å²) in [5.41, 5.74) is 0. The maximum atomic E-state index is 3.82. The van der Waals surface area contributed by atoms with Crippen LogP contribution in [-0.4, -0.2) is 0 Å². The van der Waals surface area contributed by atoms with Gasteiger partial charge in [-0.05, 0) is 37.5 Å². The second-order valence-electron chi connectivity index (χ2n) is 3.72. The van der Waals surface area contributed by atoms with Crippen LogP contribution in [0.15, 0.2) is 24.8 Å². The van der Waals surface area contributed by atoms with E-state index in [-0.39, 0.29) is 0 Å². The van der Waals surface area contributed by atoms with Crippen molar-refractivity contribution in [1.29, 1.82) is 0 Å². The van der Waals surface area contributed by atoms with Crippen molar-refractivity contribution in [1.82, 2.24) is 0 Å². The zero-order valence-electron chi connectivity index (χ0n) is 8.13. The fourth-order valence-corrected chi connectivity index (χ4v) is 2.09. The summed E-state index contributed by atoms with van der Waals surface area (Å²) in [6, 6.07) is 0. The van der Waals surface area contributed by atoms with E-state index in [1.54, 1.807) is 0 Å². The SMILES string of the molecule is C=CCC(CC)[C@H]1C=CCCC1. The number of hydrogen-bond acceptors (Lipinski definition) is 0. The Labute approximate surface area is 76.4 Å². The largest absolute Gasteiger partial charge is 0.103 e. The smallest absolute Gasteiger partial charge is 0.0202 e. The molecule has 0 saturated carbocycles. The summed E-state index contributed by atoms with van der Waals surface area (Å²) < 4.78 is 0. The molecule has 68 valence electrons. The third-order valence-electron chi connectivity index (χ3n) is 2.89. The molecule has 2 atom stereocenters. The van der Waals surface area contributed by atoms with Gasteiger partial charge >= 0.3 is 0 Å². The Hall–Kier alpha value is -0.520. The van der Waals surface area contributed by atoms with Gasteiger partial charge in [-0.15, -0.1) is 6.58 Å². The number of hydrogen-bond donors (Lipinski definition) is 0. The summed E-state index contributed by atoms with van der Waals surface area (Å²) in [7, 11) is 0. The van der Waals surface area contributed by atoms with Crippen LogP contribution in [0.5, 0.6) is 0 Å². The van der Waals surface area contributed by atoms with Crippen LogP contribution in [0.1, 0.15) is 39.0 Å². The van der Waals surface area contributed by atoms with Crippen LogP contribution in [0.4, 0.5) is 0 Å². The van der Waals surface area contributed by atoms with Crippen molar-refractivity contribution in [3.05, 3.63) is 24.8 Å². The van der Waals surface area contributed by atoms with Gasteiger partial charge in [-0.1, -0.05) is 31.6 Å². The van der Waals surface area contributed by atoms with Crippen LogP contribution in [-0.2, 0) is 0 Å². The predicted octanol–water partition coefficient (Wildman–Crippen LogP) is 3.95. The molecule has 0 nitrogen and oxygen atoms in total. The molecule has 0 aromatic rings. The van der Waals surface area contributed by atoms with Crippen LogP contribution >= 0.6 is 0 Å². The predicted molar refractivity (Wildman–Crippen MR) is 55.1 cm³/mol. The summed E-state index contributed by atoms with van der Waals surface area (Å²) in [5.74, 6) is 1.68. The Bertz CT molecular complexity index is 155. The molecule has 0 saturated heterocycles. The van der Waals surface area contributed by atoms with Gasteiger partial charge < -0.3 is 0 Å². The van der Waals surface area contributed by atoms with Crippen molar-refractivity contribution >= 4 is 0 Å². The van der Waals surface area contributed by atoms with Gasteiger partial charge in [-0.2, -0.15) is 0 Å². The summed E-state index contributed by atoms with van der Waals surface area (Å²) in [6.07, 6.45) is 13.4. The number of allylic oxidation sites excluding steroid dienone is 3. The first-order chi connectivity index (χ1) is 5.88. The minimum absolute atomic E-state index is 0.835. The maximum absolute atomic E-state index is 3.82. The summed E-state index contributed by atoms with van der Waals surface area (Å²) in [4.78, 5) is 0. The van der Waals surface area contributed by atoms with Gasteiger partial charge in [0, 0.05) is 0 Å². The van der Waals surface area contributed by atoms with Crippen molar-refractivity contribution in [3.63, 3.8) is 0 Å². The molecule has 0 aliphatic heterocycles. The molecular formula is C12H20. The van der Waals surface area contributed by atoms with E-state index < -0.39 is 0 Å². The number of rotatable bonds is 4. The minimum atomic E-state index is 0.835. The molecule has 1 unspecified atom stereocenters. The van der Waals surface area contributed by atoms with Gasteiger partial charge in [0.05, 0.1) is 0 Å². The highest BCUT2D eigenvalue weighted by Gasteiger charge is 2.17. The highest BCUT2D eigenvalue weighted by atomic mass is 14.2. The van der Waals surface area contributed by atoms with Gasteiger partial charge in [0.2, 0.25) is 0 Å². The molecular weight excluding hydrogens is 144 g/mol. The fraction of sp³-hybridized carbons (Fsp3) is 0.667.